The monoisotopic (exact) mass is 330 g/mol. The van der Waals surface area contributed by atoms with Crippen LogP contribution in [0.1, 0.15) is 25.6 Å². The molecule has 0 aromatic carbocycles. The van der Waals surface area contributed by atoms with Crippen molar-refractivity contribution in [2.24, 2.45) is 0 Å². The number of anilines is 2. The molecule has 0 unspecified atom stereocenters. The predicted octanol–water partition coefficient (Wildman–Crippen LogP) is 2.88. The van der Waals surface area contributed by atoms with Gasteiger partial charge in [0.15, 0.2) is 5.75 Å². The van der Waals surface area contributed by atoms with Crippen LogP contribution in [-0.4, -0.2) is 40.9 Å². The van der Waals surface area contributed by atoms with Crippen LogP contribution in [-0.2, 0) is 4.74 Å². The van der Waals surface area contributed by atoms with Crippen molar-refractivity contribution in [2.75, 3.05) is 19.0 Å². The van der Waals surface area contributed by atoms with E-state index < -0.39 is 0 Å². The minimum atomic E-state index is 0.150. The molecule has 0 saturated heterocycles. The van der Waals surface area contributed by atoms with Crippen LogP contribution in [0.15, 0.2) is 24.5 Å². The van der Waals surface area contributed by atoms with Gasteiger partial charge in [0.1, 0.15) is 17.7 Å². The maximum Gasteiger partial charge on any atom is 0.219 e. The third-order valence-corrected chi connectivity index (χ3v) is 3.83. The second kappa shape index (κ2) is 7.44. The van der Waals surface area contributed by atoms with E-state index in [-0.39, 0.29) is 6.10 Å². The molecule has 2 aromatic rings. The van der Waals surface area contributed by atoms with E-state index in [2.05, 4.69) is 20.3 Å². The van der Waals surface area contributed by atoms with E-state index in [1.54, 1.807) is 25.6 Å². The van der Waals surface area contributed by atoms with Gasteiger partial charge in [-0.1, -0.05) is 0 Å². The van der Waals surface area contributed by atoms with Crippen LogP contribution >= 0.6 is 0 Å². The fourth-order valence-corrected chi connectivity index (χ4v) is 2.53. The summed E-state index contributed by atoms with van der Waals surface area (Å²) in [4.78, 5) is 12.8. The number of hydrogen-bond acceptors (Lipinski definition) is 7. The Morgan fingerprint density at radius 1 is 1.25 bits per heavy atom. The zero-order valence-electron chi connectivity index (χ0n) is 14.2. The van der Waals surface area contributed by atoms with Gasteiger partial charge in [-0.25, -0.2) is 4.98 Å². The van der Waals surface area contributed by atoms with Gasteiger partial charge < -0.3 is 19.5 Å². The summed E-state index contributed by atoms with van der Waals surface area (Å²) in [6.45, 7) is 4.34. The summed E-state index contributed by atoms with van der Waals surface area (Å²) in [5.41, 5.74) is 0.805. The Labute approximate surface area is 141 Å². The second-order valence-corrected chi connectivity index (χ2v) is 5.64. The van der Waals surface area contributed by atoms with E-state index >= 15 is 0 Å². The summed E-state index contributed by atoms with van der Waals surface area (Å²) >= 11 is 0. The molecular weight excluding hydrogens is 308 g/mol. The Balaban J connectivity index is 1.72. The molecule has 7 nitrogen and oxygen atoms in total. The molecule has 24 heavy (non-hydrogen) atoms. The largest absolute Gasteiger partial charge is 0.490 e. The number of methoxy groups -OCH3 is 1. The summed E-state index contributed by atoms with van der Waals surface area (Å²) in [7, 11) is 1.72. The number of aryl methyl sites for hydroxylation is 1. The van der Waals surface area contributed by atoms with E-state index in [4.69, 9.17) is 14.2 Å². The zero-order valence-corrected chi connectivity index (χ0v) is 14.2. The van der Waals surface area contributed by atoms with Crippen LogP contribution in [0, 0.1) is 6.92 Å². The highest BCUT2D eigenvalue weighted by Gasteiger charge is 2.31. The van der Waals surface area contributed by atoms with Crippen molar-refractivity contribution in [3.63, 3.8) is 0 Å². The first-order chi connectivity index (χ1) is 11.7. The highest BCUT2D eigenvalue weighted by Crippen LogP contribution is 2.30. The Bertz CT molecular complexity index is 689. The third-order valence-electron chi connectivity index (χ3n) is 3.83. The Kier molecular flexibility index (Phi) is 5.10. The first-order valence-corrected chi connectivity index (χ1v) is 8.07. The molecule has 0 atom stereocenters. The lowest BCUT2D eigenvalue weighted by Gasteiger charge is -2.33. The van der Waals surface area contributed by atoms with Crippen LogP contribution in [0.4, 0.5) is 11.5 Å². The van der Waals surface area contributed by atoms with Crippen molar-refractivity contribution in [1.29, 1.82) is 0 Å². The van der Waals surface area contributed by atoms with Gasteiger partial charge in [0.25, 0.3) is 0 Å². The highest BCUT2D eigenvalue weighted by molar-refractivity contribution is 5.63. The molecule has 1 aliphatic carbocycles. The molecule has 2 aromatic heterocycles. The van der Waals surface area contributed by atoms with Gasteiger partial charge in [0.05, 0.1) is 24.6 Å². The molecule has 1 aliphatic rings. The number of aromatic nitrogens is 3. The normalized spacial score (nSPS) is 19.5. The Hall–Kier alpha value is -2.41. The molecule has 1 fully saturated rings. The second-order valence-electron chi connectivity index (χ2n) is 5.64. The van der Waals surface area contributed by atoms with Crippen LogP contribution < -0.4 is 14.8 Å². The van der Waals surface area contributed by atoms with E-state index in [0.29, 0.717) is 36.0 Å². The minimum absolute atomic E-state index is 0.150. The van der Waals surface area contributed by atoms with Gasteiger partial charge in [0.2, 0.25) is 5.88 Å². The average molecular weight is 330 g/mol. The fourth-order valence-electron chi connectivity index (χ4n) is 2.53. The molecule has 0 spiro atoms. The van der Waals surface area contributed by atoms with Crippen molar-refractivity contribution in [3.05, 3.63) is 30.4 Å². The quantitative estimate of drug-likeness (QED) is 0.836. The molecule has 1 N–H and O–H groups in total. The Morgan fingerprint density at radius 3 is 2.83 bits per heavy atom. The van der Waals surface area contributed by atoms with Crippen molar-refractivity contribution in [3.8, 4) is 11.6 Å². The SMILES string of the molecule is CCOc1cnccc1Nc1cc(OC2CC(OC)C2)nc(C)n1. The minimum Gasteiger partial charge on any atom is -0.490 e. The van der Waals surface area contributed by atoms with Gasteiger partial charge in [-0.05, 0) is 19.9 Å². The smallest absolute Gasteiger partial charge is 0.219 e. The van der Waals surface area contributed by atoms with E-state index in [9.17, 15) is 0 Å². The number of nitrogens with zero attached hydrogens (tertiary/aromatic N) is 3. The zero-order chi connectivity index (χ0) is 16.9. The lowest BCUT2D eigenvalue weighted by atomic mass is 9.92. The van der Waals surface area contributed by atoms with E-state index in [1.165, 1.54) is 0 Å². The molecule has 0 aliphatic heterocycles. The number of hydrogen-bond donors (Lipinski definition) is 1. The summed E-state index contributed by atoms with van der Waals surface area (Å²) in [5.74, 6) is 2.55. The van der Waals surface area contributed by atoms with Gasteiger partial charge in [0, 0.05) is 32.2 Å². The van der Waals surface area contributed by atoms with E-state index in [0.717, 1.165) is 18.5 Å². The molecule has 2 heterocycles. The van der Waals surface area contributed by atoms with Crippen LogP contribution in [0.25, 0.3) is 0 Å². The summed E-state index contributed by atoms with van der Waals surface area (Å²) in [5, 5.41) is 3.25. The lowest BCUT2D eigenvalue weighted by molar-refractivity contribution is -0.0397. The molecule has 1 saturated carbocycles. The average Bonchev–Trinajstić information content (AvgIpc) is 2.52. The standard InChI is InChI=1S/C17H22N4O3/c1-4-23-15-10-18-6-5-14(15)21-16-9-17(20-11(2)19-16)24-13-7-12(8-13)22-3/h5-6,9-10,12-13H,4,7-8H2,1-3H3,(H,18,19,20,21). The number of ether oxygens (including phenoxy) is 3. The lowest BCUT2D eigenvalue weighted by Crippen LogP contribution is -2.39. The van der Waals surface area contributed by atoms with Gasteiger partial charge >= 0.3 is 0 Å². The van der Waals surface area contributed by atoms with Crippen molar-refractivity contribution in [1.82, 2.24) is 15.0 Å². The summed E-state index contributed by atoms with van der Waals surface area (Å²) in [6.07, 6.45) is 5.60. The highest BCUT2D eigenvalue weighted by atomic mass is 16.5. The molecular formula is C17H22N4O3. The van der Waals surface area contributed by atoms with Crippen molar-refractivity contribution in [2.45, 2.75) is 38.9 Å². The number of rotatable bonds is 7. The predicted molar refractivity (Wildman–Crippen MR) is 89.9 cm³/mol. The third kappa shape index (κ3) is 3.91. The number of nitrogens with one attached hydrogen (secondary N) is 1. The topological polar surface area (TPSA) is 78.4 Å². The van der Waals surface area contributed by atoms with Crippen molar-refractivity contribution < 1.29 is 14.2 Å². The first-order valence-electron chi connectivity index (χ1n) is 8.07. The molecule has 3 rings (SSSR count). The van der Waals surface area contributed by atoms with Gasteiger partial charge in [-0.15, -0.1) is 0 Å². The van der Waals surface area contributed by atoms with Gasteiger partial charge in [-0.3, -0.25) is 4.98 Å². The van der Waals surface area contributed by atoms with Crippen molar-refractivity contribution >= 4 is 11.5 Å². The molecule has 128 valence electrons. The number of pyridine rings is 1. The maximum absolute atomic E-state index is 5.90. The van der Waals surface area contributed by atoms with Gasteiger partial charge in [-0.2, -0.15) is 4.98 Å². The van der Waals surface area contributed by atoms with Crippen LogP contribution in [0.5, 0.6) is 11.6 Å². The van der Waals surface area contributed by atoms with Crippen LogP contribution in [0.3, 0.4) is 0 Å². The summed E-state index contributed by atoms with van der Waals surface area (Å²) < 4.78 is 16.7. The fraction of sp³-hybridized carbons (Fsp3) is 0.471. The first kappa shape index (κ1) is 16.4. The maximum atomic E-state index is 5.90. The molecule has 7 heteroatoms. The molecule has 0 amide bonds. The van der Waals surface area contributed by atoms with E-state index in [1.807, 2.05) is 19.9 Å². The Morgan fingerprint density at radius 2 is 2.08 bits per heavy atom. The molecule has 0 radical (unpaired) electrons. The van der Waals surface area contributed by atoms with Crippen LogP contribution in [0.2, 0.25) is 0 Å². The summed E-state index contributed by atoms with van der Waals surface area (Å²) in [6, 6.07) is 3.64. The molecule has 0 bridgehead atoms.